The molecule has 2 rings (SSSR count). The third-order valence-electron chi connectivity index (χ3n) is 3.53. The van der Waals surface area contributed by atoms with E-state index in [1.165, 1.54) is 0 Å². The molecule has 2 amide bonds. The molecule has 5 N–H and O–H groups in total. The lowest BCUT2D eigenvalue weighted by Gasteiger charge is -2.18. The van der Waals surface area contributed by atoms with Crippen molar-refractivity contribution in [1.29, 1.82) is 0 Å². The number of benzene rings is 1. The summed E-state index contributed by atoms with van der Waals surface area (Å²) in [4.78, 5) is 22.1. The first-order valence-electron chi connectivity index (χ1n) is 8.41. The molecule has 1 heterocycles. The van der Waals surface area contributed by atoms with E-state index in [2.05, 4.69) is 47.3 Å². The summed E-state index contributed by atoms with van der Waals surface area (Å²) in [7, 11) is 1.91. The van der Waals surface area contributed by atoms with Crippen LogP contribution in [0.2, 0.25) is 0 Å². The number of aromatic nitrogens is 3. The maximum Gasteiger partial charge on any atom is 0.225 e. The number of carbonyl (C=O) groups excluding carboxylic acids is 2. The highest BCUT2D eigenvalue weighted by atomic mass is 79.9. The fraction of sp³-hybridized carbons (Fsp3) is 0.471. The van der Waals surface area contributed by atoms with Crippen molar-refractivity contribution in [3.05, 3.63) is 34.6 Å². The van der Waals surface area contributed by atoms with Crippen LogP contribution in [-0.2, 0) is 16.1 Å². The van der Waals surface area contributed by atoms with Crippen molar-refractivity contribution in [2.45, 2.75) is 26.8 Å². The van der Waals surface area contributed by atoms with Gasteiger partial charge in [-0.3, -0.25) is 14.7 Å². The van der Waals surface area contributed by atoms with Gasteiger partial charge in [0.1, 0.15) is 0 Å². The maximum atomic E-state index is 11.9. The van der Waals surface area contributed by atoms with E-state index in [4.69, 9.17) is 0 Å². The summed E-state index contributed by atoms with van der Waals surface area (Å²) < 4.78 is 1.11. The van der Waals surface area contributed by atoms with E-state index in [0.29, 0.717) is 31.2 Å². The number of H-pyrrole nitrogens is 2. The largest absolute Gasteiger partial charge is 0.388 e. The molecular formula is C17H27BrN6O2. The third-order valence-corrected chi connectivity index (χ3v) is 4.06. The summed E-state index contributed by atoms with van der Waals surface area (Å²) in [5.41, 5.74) is 1.14. The summed E-state index contributed by atoms with van der Waals surface area (Å²) in [5.74, 6) is 0.836. The summed E-state index contributed by atoms with van der Waals surface area (Å²) in [6.45, 7) is 4.83. The monoisotopic (exact) mass is 426 g/mol. The highest BCUT2D eigenvalue weighted by Gasteiger charge is 2.19. The van der Waals surface area contributed by atoms with Crippen molar-refractivity contribution in [2.24, 2.45) is 11.8 Å². The first-order valence-corrected chi connectivity index (χ1v) is 9.21. The van der Waals surface area contributed by atoms with Gasteiger partial charge in [0.25, 0.3) is 0 Å². The molecule has 1 unspecified atom stereocenters. The molecular weight excluding hydrogens is 400 g/mol. The van der Waals surface area contributed by atoms with Crippen molar-refractivity contribution in [3.63, 3.8) is 0 Å². The summed E-state index contributed by atoms with van der Waals surface area (Å²) in [5, 5.41) is 17.4. The molecule has 0 saturated heterocycles. The molecule has 1 aromatic carbocycles. The minimum Gasteiger partial charge on any atom is -0.388 e. The number of carbonyl (C=O) groups is 2. The Kier molecular flexibility index (Phi) is 10.1. The van der Waals surface area contributed by atoms with E-state index >= 15 is 0 Å². The van der Waals surface area contributed by atoms with Crippen molar-refractivity contribution >= 4 is 33.9 Å². The van der Waals surface area contributed by atoms with Gasteiger partial charge in [0, 0.05) is 23.8 Å². The van der Waals surface area contributed by atoms with Crippen molar-refractivity contribution in [2.75, 3.05) is 18.9 Å². The zero-order valence-corrected chi connectivity index (χ0v) is 16.9. The van der Waals surface area contributed by atoms with Crippen LogP contribution in [0.1, 0.15) is 26.1 Å². The SMILES string of the molecule is CC(C)CC(CNC=O)C(=O)NCc1n[nH][nH]1.CNc1ccc(Br)cc1. The molecule has 2 aromatic rings. The number of halogens is 1. The molecule has 0 aliphatic heterocycles. The second-order valence-corrected chi connectivity index (χ2v) is 7.04. The van der Waals surface area contributed by atoms with E-state index in [1.807, 2.05) is 45.2 Å². The lowest BCUT2D eigenvalue weighted by molar-refractivity contribution is -0.125. The van der Waals surface area contributed by atoms with Gasteiger partial charge in [0.15, 0.2) is 5.82 Å². The second kappa shape index (κ2) is 12.1. The second-order valence-electron chi connectivity index (χ2n) is 6.12. The molecule has 1 atom stereocenters. The Morgan fingerprint density at radius 3 is 2.42 bits per heavy atom. The fourth-order valence-corrected chi connectivity index (χ4v) is 2.46. The molecule has 0 radical (unpaired) electrons. The van der Waals surface area contributed by atoms with Gasteiger partial charge in [0.2, 0.25) is 12.3 Å². The Morgan fingerprint density at radius 1 is 1.31 bits per heavy atom. The van der Waals surface area contributed by atoms with E-state index in [0.717, 1.165) is 16.6 Å². The molecule has 26 heavy (non-hydrogen) atoms. The number of hydrogen-bond acceptors (Lipinski definition) is 4. The van der Waals surface area contributed by atoms with E-state index < -0.39 is 0 Å². The third kappa shape index (κ3) is 8.70. The molecule has 0 aliphatic carbocycles. The standard InChI is InChI=1S/C10H19N5O2.C7H8BrN/c1-7(2)3-8(4-11-6-16)10(17)12-5-9-13-15-14-9;1-9-7-4-2-6(8)3-5-7/h6-8,15H,3-5H2,1-2H3,(H,11,16)(H,12,17)(H,13,14);2-5,9H,1H3. The number of hydrogen-bond donors (Lipinski definition) is 5. The Labute approximate surface area is 162 Å². The first kappa shape index (κ1) is 21.8. The van der Waals surface area contributed by atoms with Crippen molar-refractivity contribution < 1.29 is 9.59 Å². The van der Waals surface area contributed by atoms with Crippen LogP contribution in [0.25, 0.3) is 0 Å². The van der Waals surface area contributed by atoms with Gasteiger partial charge < -0.3 is 16.0 Å². The lowest BCUT2D eigenvalue weighted by Crippen LogP contribution is -2.37. The van der Waals surface area contributed by atoms with Gasteiger partial charge >= 0.3 is 0 Å². The van der Waals surface area contributed by atoms with Crippen LogP contribution in [-0.4, -0.2) is 41.3 Å². The van der Waals surface area contributed by atoms with Crippen LogP contribution in [0.3, 0.4) is 0 Å². The van der Waals surface area contributed by atoms with Crippen molar-refractivity contribution in [3.8, 4) is 0 Å². The van der Waals surface area contributed by atoms with Gasteiger partial charge in [0.05, 0.1) is 12.5 Å². The van der Waals surface area contributed by atoms with Crippen LogP contribution < -0.4 is 16.0 Å². The molecule has 0 fully saturated rings. The average molecular weight is 427 g/mol. The van der Waals surface area contributed by atoms with Gasteiger partial charge in [-0.1, -0.05) is 29.8 Å². The Bertz CT molecular complexity index is 629. The fourth-order valence-electron chi connectivity index (χ4n) is 2.19. The molecule has 8 nitrogen and oxygen atoms in total. The van der Waals surface area contributed by atoms with E-state index in [9.17, 15) is 9.59 Å². The predicted octanol–water partition coefficient (Wildman–Crippen LogP) is 2.25. The lowest BCUT2D eigenvalue weighted by atomic mass is 9.96. The number of nitrogens with one attached hydrogen (secondary N) is 5. The van der Waals surface area contributed by atoms with Gasteiger partial charge in [-0.15, -0.1) is 5.10 Å². The Balaban J connectivity index is 0.000000314. The number of amides is 2. The van der Waals surface area contributed by atoms with Crippen LogP contribution >= 0.6 is 15.9 Å². The van der Waals surface area contributed by atoms with E-state index in [1.54, 1.807) is 0 Å². The number of nitrogens with zero attached hydrogens (tertiary/aromatic N) is 1. The molecule has 1 aromatic heterocycles. The number of anilines is 1. The van der Waals surface area contributed by atoms with Crippen LogP contribution in [0, 0.1) is 11.8 Å². The summed E-state index contributed by atoms with van der Waals surface area (Å²) >= 11 is 3.35. The smallest absolute Gasteiger partial charge is 0.225 e. The van der Waals surface area contributed by atoms with Gasteiger partial charge in [-0.05, 0) is 36.6 Å². The van der Waals surface area contributed by atoms with Gasteiger partial charge in [-0.25, -0.2) is 5.21 Å². The Hall–Kier alpha value is -2.29. The zero-order chi connectivity index (χ0) is 19.4. The maximum absolute atomic E-state index is 11.9. The highest BCUT2D eigenvalue weighted by Crippen LogP contribution is 2.13. The number of rotatable bonds is 9. The topological polar surface area (TPSA) is 115 Å². The summed E-state index contributed by atoms with van der Waals surface area (Å²) in [6.07, 6.45) is 1.35. The first-order chi connectivity index (χ1) is 12.5. The van der Waals surface area contributed by atoms with E-state index in [-0.39, 0.29) is 11.8 Å². The minimum absolute atomic E-state index is 0.0653. The highest BCUT2D eigenvalue weighted by molar-refractivity contribution is 9.10. The number of aromatic amines is 2. The normalized spacial score (nSPS) is 11.3. The minimum atomic E-state index is -0.200. The molecule has 0 aliphatic rings. The molecule has 144 valence electrons. The molecule has 0 spiro atoms. The molecule has 0 saturated carbocycles. The van der Waals surface area contributed by atoms with Crippen LogP contribution in [0.15, 0.2) is 28.7 Å². The summed E-state index contributed by atoms with van der Waals surface area (Å²) in [6, 6.07) is 8.05. The Morgan fingerprint density at radius 2 is 1.96 bits per heavy atom. The van der Waals surface area contributed by atoms with Crippen LogP contribution in [0.5, 0.6) is 0 Å². The van der Waals surface area contributed by atoms with Crippen molar-refractivity contribution in [1.82, 2.24) is 26.0 Å². The average Bonchev–Trinajstić information content (AvgIpc) is 2.58. The molecule has 0 bridgehead atoms. The van der Waals surface area contributed by atoms with Crippen LogP contribution in [0.4, 0.5) is 5.69 Å². The zero-order valence-electron chi connectivity index (χ0n) is 15.3. The quantitative estimate of drug-likeness (QED) is 0.395. The van der Waals surface area contributed by atoms with Gasteiger partial charge in [-0.2, -0.15) is 0 Å². The molecule has 9 heteroatoms. The predicted molar refractivity (Wildman–Crippen MR) is 105 cm³/mol.